The Balaban J connectivity index is 1.82. The van der Waals surface area contributed by atoms with Crippen molar-refractivity contribution in [3.05, 3.63) is 66.5 Å². The van der Waals surface area contributed by atoms with E-state index in [0.29, 0.717) is 5.56 Å². The van der Waals surface area contributed by atoms with Crippen LogP contribution in [0.5, 0.6) is 0 Å². The Morgan fingerprint density at radius 1 is 0.958 bits per heavy atom. The molecule has 1 aromatic heterocycles. The summed E-state index contributed by atoms with van der Waals surface area (Å²) >= 11 is 0. The van der Waals surface area contributed by atoms with E-state index in [1.807, 2.05) is 39.0 Å². The van der Waals surface area contributed by atoms with Gasteiger partial charge in [0.05, 0.1) is 17.4 Å². The number of carbonyl (C=O) groups is 1. The van der Waals surface area contributed by atoms with E-state index in [4.69, 9.17) is 4.74 Å². The van der Waals surface area contributed by atoms with Crippen LogP contribution in [0.2, 0.25) is 0 Å². The molecule has 0 aliphatic carbocycles. The minimum atomic E-state index is -0.529. The number of benzene rings is 2. The van der Waals surface area contributed by atoms with Crippen molar-refractivity contribution in [1.82, 2.24) is 4.98 Å². The number of carbonyl (C=O) groups excluding carboxylic acids is 1. The summed E-state index contributed by atoms with van der Waals surface area (Å²) in [5.74, 6) is -0.378. The first-order chi connectivity index (χ1) is 11.4. The van der Waals surface area contributed by atoms with Crippen molar-refractivity contribution in [2.45, 2.75) is 26.4 Å². The molecule has 3 rings (SSSR count). The number of fused-ring (bicyclic) bond motifs is 1. The summed E-state index contributed by atoms with van der Waals surface area (Å²) in [6.45, 7) is 5.53. The van der Waals surface area contributed by atoms with Crippen molar-refractivity contribution in [2.75, 3.05) is 5.32 Å². The topological polar surface area (TPSA) is 51.2 Å². The molecule has 3 aromatic rings. The van der Waals surface area contributed by atoms with Crippen molar-refractivity contribution in [2.24, 2.45) is 0 Å². The van der Waals surface area contributed by atoms with Crippen LogP contribution in [0.3, 0.4) is 0 Å². The lowest BCUT2D eigenvalue weighted by Crippen LogP contribution is -2.24. The normalized spacial score (nSPS) is 11.3. The number of hydrogen-bond acceptors (Lipinski definition) is 4. The van der Waals surface area contributed by atoms with E-state index in [2.05, 4.69) is 34.6 Å². The first kappa shape index (κ1) is 16.0. The highest BCUT2D eigenvalue weighted by atomic mass is 16.6. The Morgan fingerprint density at radius 2 is 1.71 bits per heavy atom. The molecule has 0 saturated heterocycles. The summed E-state index contributed by atoms with van der Waals surface area (Å²) in [6, 6.07) is 16.0. The number of pyridine rings is 1. The van der Waals surface area contributed by atoms with Gasteiger partial charge >= 0.3 is 5.97 Å². The van der Waals surface area contributed by atoms with Gasteiger partial charge in [-0.3, -0.25) is 4.98 Å². The van der Waals surface area contributed by atoms with E-state index >= 15 is 0 Å². The second kappa shape index (κ2) is 6.32. The molecular weight excluding hydrogens is 300 g/mol. The van der Waals surface area contributed by atoms with Crippen molar-refractivity contribution in [3.8, 4) is 0 Å². The predicted molar refractivity (Wildman–Crippen MR) is 96.6 cm³/mol. The zero-order valence-corrected chi connectivity index (χ0v) is 14.0. The molecule has 24 heavy (non-hydrogen) atoms. The van der Waals surface area contributed by atoms with Gasteiger partial charge in [0.25, 0.3) is 0 Å². The number of rotatable bonds is 3. The molecule has 122 valence electrons. The summed E-state index contributed by atoms with van der Waals surface area (Å²) in [7, 11) is 0. The molecule has 0 saturated carbocycles. The van der Waals surface area contributed by atoms with Crippen LogP contribution in [0, 0.1) is 0 Å². The van der Waals surface area contributed by atoms with Gasteiger partial charge in [-0.15, -0.1) is 0 Å². The molecule has 1 heterocycles. The SMILES string of the molecule is CC(C)(C)OC(=O)c1cncc(Nc2ccc3ccccc3c2)c1. The second-order valence-corrected chi connectivity index (χ2v) is 6.65. The van der Waals surface area contributed by atoms with Crippen LogP contribution in [-0.2, 0) is 4.74 Å². The van der Waals surface area contributed by atoms with Gasteiger partial charge in [0.2, 0.25) is 0 Å². The van der Waals surface area contributed by atoms with E-state index < -0.39 is 5.60 Å². The molecule has 0 aliphatic heterocycles. The number of nitrogens with zero attached hydrogens (tertiary/aromatic N) is 1. The lowest BCUT2D eigenvalue weighted by molar-refractivity contribution is 0.00691. The molecule has 2 aromatic carbocycles. The third-order valence-corrected chi connectivity index (χ3v) is 3.41. The van der Waals surface area contributed by atoms with Crippen LogP contribution < -0.4 is 5.32 Å². The fourth-order valence-electron chi connectivity index (χ4n) is 2.39. The van der Waals surface area contributed by atoms with Gasteiger partial charge in [-0.05, 0) is 49.7 Å². The molecule has 4 heteroatoms. The average molecular weight is 320 g/mol. The van der Waals surface area contributed by atoms with Crippen LogP contribution >= 0.6 is 0 Å². The Morgan fingerprint density at radius 3 is 2.46 bits per heavy atom. The number of hydrogen-bond donors (Lipinski definition) is 1. The lowest BCUT2D eigenvalue weighted by atomic mass is 10.1. The van der Waals surface area contributed by atoms with Gasteiger partial charge in [-0.1, -0.05) is 30.3 Å². The molecule has 0 bridgehead atoms. The van der Waals surface area contributed by atoms with Crippen molar-refractivity contribution in [3.63, 3.8) is 0 Å². The maximum absolute atomic E-state index is 12.1. The van der Waals surface area contributed by atoms with Gasteiger partial charge < -0.3 is 10.1 Å². The first-order valence-electron chi connectivity index (χ1n) is 7.85. The molecule has 0 amide bonds. The molecule has 0 spiro atoms. The largest absolute Gasteiger partial charge is 0.456 e. The predicted octanol–water partition coefficient (Wildman–Crippen LogP) is 4.93. The van der Waals surface area contributed by atoms with Crippen molar-refractivity contribution in [1.29, 1.82) is 0 Å². The first-order valence-corrected chi connectivity index (χ1v) is 7.85. The standard InChI is InChI=1S/C20H20N2O2/c1-20(2,3)24-19(23)16-11-18(13-21-12-16)22-17-9-8-14-6-4-5-7-15(14)10-17/h4-13,22H,1-3H3. The quantitative estimate of drug-likeness (QED) is 0.695. The van der Waals surface area contributed by atoms with Gasteiger partial charge in [0.1, 0.15) is 5.60 Å². The van der Waals surface area contributed by atoms with Gasteiger partial charge in [-0.25, -0.2) is 4.79 Å². The van der Waals surface area contributed by atoms with Crippen molar-refractivity contribution < 1.29 is 9.53 Å². The summed E-state index contributed by atoms with van der Waals surface area (Å²) in [4.78, 5) is 16.3. The summed E-state index contributed by atoms with van der Waals surface area (Å²) in [6.07, 6.45) is 3.20. The zero-order valence-electron chi connectivity index (χ0n) is 14.0. The lowest BCUT2D eigenvalue weighted by Gasteiger charge is -2.19. The Hall–Kier alpha value is -2.88. The smallest absolute Gasteiger partial charge is 0.340 e. The molecule has 0 radical (unpaired) electrons. The highest BCUT2D eigenvalue weighted by Crippen LogP contribution is 2.23. The fourth-order valence-corrected chi connectivity index (χ4v) is 2.39. The van der Waals surface area contributed by atoms with Crippen LogP contribution in [0.4, 0.5) is 11.4 Å². The fraction of sp³-hybridized carbons (Fsp3) is 0.200. The molecule has 0 fully saturated rings. The Labute approximate surface area is 141 Å². The Bertz CT molecular complexity index is 882. The minimum Gasteiger partial charge on any atom is -0.456 e. The maximum atomic E-state index is 12.1. The van der Waals surface area contributed by atoms with Crippen molar-refractivity contribution >= 4 is 28.1 Å². The number of ether oxygens (including phenoxy) is 1. The van der Waals surface area contributed by atoms with Gasteiger partial charge in [0, 0.05) is 11.9 Å². The zero-order chi connectivity index (χ0) is 17.2. The van der Waals surface area contributed by atoms with E-state index in [9.17, 15) is 4.79 Å². The van der Waals surface area contributed by atoms with E-state index in [-0.39, 0.29) is 5.97 Å². The second-order valence-electron chi connectivity index (χ2n) is 6.65. The highest BCUT2D eigenvalue weighted by Gasteiger charge is 2.18. The molecule has 0 atom stereocenters. The number of esters is 1. The third kappa shape index (κ3) is 3.90. The van der Waals surface area contributed by atoms with Crippen LogP contribution in [0.25, 0.3) is 10.8 Å². The number of anilines is 2. The highest BCUT2D eigenvalue weighted by molar-refractivity contribution is 5.91. The monoisotopic (exact) mass is 320 g/mol. The molecular formula is C20H20N2O2. The number of aromatic nitrogens is 1. The number of nitrogens with one attached hydrogen (secondary N) is 1. The molecule has 4 nitrogen and oxygen atoms in total. The van der Waals surface area contributed by atoms with E-state index in [1.54, 1.807) is 12.3 Å². The maximum Gasteiger partial charge on any atom is 0.340 e. The van der Waals surface area contributed by atoms with Gasteiger partial charge in [0.15, 0.2) is 0 Å². The van der Waals surface area contributed by atoms with Crippen LogP contribution in [0.1, 0.15) is 31.1 Å². The van der Waals surface area contributed by atoms with Crippen LogP contribution in [0.15, 0.2) is 60.9 Å². The average Bonchev–Trinajstić information content (AvgIpc) is 2.53. The summed E-state index contributed by atoms with van der Waals surface area (Å²) in [5.41, 5.74) is 1.58. The summed E-state index contributed by atoms with van der Waals surface area (Å²) < 4.78 is 5.38. The Kier molecular flexibility index (Phi) is 4.21. The minimum absolute atomic E-state index is 0.378. The van der Waals surface area contributed by atoms with E-state index in [1.165, 1.54) is 11.6 Å². The van der Waals surface area contributed by atoms with Crippen LogP contribution in [-0.4, -0.2) is 16.6 Å². The third-order valence-electron chi connectivity index (χ3n) is 3.41. The molecule has 1 N–H and O–H groups in total. The van der Waals surface area contributed by atoms with E-state index in [0.717, 1.165) is 16.8 Å². The van der Waals surface area contributed by atoms with Gasteiger partial charge in [-0.2, -0.15) is 0 Å². The molecule has 0 aliphatic rings. The molecule has 0 unspecified atom stereocenters. The summed E-state index contributed by atoms with van der Waals surface area (Å²) in [5, 5.41) is 5.62.